The second-order valence-corrected chi connectivity index (χ2v) is 7.43. The molecule has 0 amide bonds. The second-order valence-electron chi connectivity index (χ2n) is 7.43. The van der Waals surface area contributed by atoms with Gasteiger partial charge in [-0.1, -0.05) is 18.9 Å². The predicted molar refractivity (Wildman–Crippen MR) is 85.8 cm³/mol. The number of benzene rings is 1. The highest BCUT2D eigenvalue weighted by Crippen LogP contribution is 2.58. The summed E-state index contributed by atoms with van der Waals surface area (Å²) in [5, 5.41) is 10.8. The van der Waals surface area contributed by atoms with Crippen molar-refractivity contribution in [1.29, 1.82) is 0 Å². The first-order valence-electron chi connectivity index (χ1n) is 8.75. The van der Waals surface area contributed by atoms with Gasteiger partial charge in [0.1, 0.15) is 5.75 Å². The van der Waals surface area contributed by atoms with Crippen molar-refractivity contribution in [2.75, 3.05) is 13.1 Å². The lowest BCUT2D eigenvalue weighted by Crippen LogP contribution is -2.31. The molecule has 1 aromatic rings. The van der Waals surface area contributed by atoms with Crippen LogP contribution in [0.15, 0.2) is 6.07 Å². The molecule has 0 bridgehead atoms. The van der Waals surface area contributed by atoms with Gasteiger partial charge in [0.25, 0.3) is 0 Å². The standard InChI is InChI=1S/C19H27NO/c1-12-11-13(2)19(21)17-16(12)14-7-3-4-8-15(14)18(17)20-9-5-6-10-20/h11,14-15,18,21H,3-10H2,1-2H3. The minimum absolute atomic E-state index is 0.492. The molecule has 0 aromatic heterocycles. The third-order valence-electron chi connectivity index (χ3n) is 6.20. The van der Waals surface area contributed by atoms with Crippen molar-refractivity contribution in [2.24, 2.45) is 5.92 Å². The van der Waals surface area contributed by atoms with Gasteiger partial charge in [0, 0.05) is 11.6 Å². The summed E-state index contributed by atoms with van der Waals surface area (Å²) in [6.07, 6.45) is 8.06. The number of hydrogen-bond acceptors (Lipinski definition) is 2. The van der Waals surface area contributed by atoms with Crippen LogP contribution < -0.4 is 0 Å². The topological polar surface area (TPSA) is 23.5 Å². The highest BCUT2D eigenvalue weighted by molar-refractivity contribution is 5.56. The quantitative estimate of drug-likeness (QED) is 0.825. The molecule has 114 valence electrons. The third-order valence-corrected chi connectivity index (χ3v) is 6.20. The summed E-state index contributed by atoms with van der Waals surface area (Å²) >= 11 is 0. The number of hydrogen-bond donors (Lipinski definition) is 1. The average Bonchev–Trinajstić information content (AvgIpc) is 3.09. The molecular formula is C19H27NO. The smallest absolute Gasteiger partial charge is 0.123 e. The van der Waals surface area contributed by atoms with Gasteiger partial charge in [-0.25, -0.2) is 0 Å². The molecular weight excluding hydrogens is 258 g/mol. The largest absolute Gasteiger partial charge is 0.507 e. The fourth-order valence-electron chi connectivity index (χ4n) is 5.40. The number of phenolic OH excluding ortho intramolecular Hbond substituents is 1. The van der Waals surface area contributed by atoms with Crippen molar-refractivity contribution in [1.82, 2.24) is 4.90 Å². The minimum atomic E-state index is 0.492. The highest BCUT2D eigenvalue weighted by atomic mass is 16.3. The molecule has 21 heavy (non-hydrogen) atoms. The lowest BCUT2D eigenvalue weighted by molar-refractivity contribution is 0.145. The van der Waals surface area contributed by atoms with Crippen LogP contribution in [0.2, 0.25) is 0 Å². The fraction of sp³-hybridized carbons (Fsp3) is 0.684. The number of nitrogens with zero attached hydrogens (tertiary/aromatic N) is 1. The van der Waals surface area contributed by atoms with E-state index in [-0.39, 0.29) is 0 Å². The molecule has 1 aromatic carbocycles. The van der Waals surface area contributed by atoms with Gasteiger partial charge in [0.15, 0.2) is 0 Å². The number of rotatable bonds is 1. The minimum Gasteiger partial charge on any atom is -0.507 e. The lowest BCUT2D eigenvalue weighted by atomic mass is 9.77. The van der Waals surface area contributed by atoms with E-state index in [0.717, 1.165) is 11.5 Å². The molecule has 1 N–H and O–H groups in total. The molecule has 3 aliphatic rings. The van der Waals surface area contributed by atoms with E-state index in [9.17, 15) is 5.11 Å². The Morgan fingerprint density at radius 2 is 1.67 bits per heavy atom. The zero-order valence-electron chi connectivity index (χ0n) is 13.4. The van der Waals surface area contributed by atoms with Crippen molar-refractivity contribution in [3.05, 3.63) is 28.3 Å². The molecule has 2 nitrogen and oxygen atoms in total. The molecule has 3 unspecified atom stereocenters. The summed E-state index contributed by atoms with van der Waals surface area (Å²) in [6.45, 7) is 6.76. The maximum absolute atomic E-state index is 10.8. The molecule has 1 heterocycles. The van der Waals surface area contributed by atoms with E-state index in [1.165, 1.54) is 68.3 Å². The summed E-state index contributed by atoms with van der Waals surface area (Å²) in [4.78, 5) is 2.67. The van der Waals surface area contributed by atoms with Gasteiger partial charge in [-0.3, -0.25) is 4.90 Å². The SMILES string of the molecule is Cc1cc(C)c2c(c1O)C(N1CCCC1)C1CCCCC21. The lowest BCUT2D eigenvalue weighted by Gasteiger charge is -2.35. The number of aromatic hydroxyl groups is 1. The average molecular weight is 285 g/mol. The van der Waals surface area contributed by atoms with E-state index in [1.807, 2.05) is 0 Å². The normalized spacial score (nSPS) is 32.2. The van der Waals surface area contributed by atoms with E-state index in [1.54, 1.807) is 0 Å². The van der Waals surface area contributed by atoms with Gasteiger partial charge in [0.2, 0.25) is 0 Å². The maximum atomic E-state index is 10.8. The van der Waals surface area contributed by atoms with Crippen LogP contribution in [0.25, 0.3) is 0 Å². The van der Waals surface area contributed by atoms with Crippen LogP contribution in [-0.2, 0) is 0 Å². The van der Waals surface area contributed by atoms with E-state index < -0.39 is 0 Å². The van der Waals surface area contributed by atoms with Crippen LogP contribution in [0.3, 0.4) is 0 Å². The Balaban J connectivity index is 1.88. The predicted octanol–water partition coefficient (Wildman–Crippen LogP) is 4.43. The first-order valence-corrected chi connectivity index (χ1v) is 8.75. The zero-order valence-corrected chi connectivity index (χ0v) is 13.4. The number of fused-ring (bicyclic) bond motifs is 3. The van der Waals surface area contributed by atoms with Crippen molar-refractivity contribution in [2.45, 2.75) is 64.3 Å². The molecule has 1 saturated heterocycles. The van der Waals surface area contributed by atoms with Gasteiger partial charge >= 0.3 is 0 Å². The van der Waals surface area contributed by atoms with Crippen LogP contribution in [0.4, 0.5) is 0 Å². The van der Waals surface area contributed by atoms with Crippen molar-refractivity contribution in [3.63, 3.8) is 0 Å². The summed E-state index contributed by atoms with van der Waals surface area (Å²) in [5.74, 6) is 2.05. The Bertz CT molecular complexity index is 559. The van der Waals surface area contributed by atoms with Gasteiger partial charge in [-0.2, -0.15) is 0 Å². The van der Waals surface area contributed by atoms with Crippen LogP contribution in [0.5, 0.6) is 5.75 Å². The molecule has 1 aliphatic heterocycles. The molecule has 2 aliphatic carbocycles. The number of aryl methyl sites for hydroxylation is 2. The first-order chi connectivity index (χ1) is 10.2. The molecule has 2 fully saturated rings. The van der Waals surface area contributed by atoms with E-state index in [4.69, 9.17) is 0 Å². The van der Waals surface area contributed by atoms with Crippen molar-refractivity contribution < 1.29 is 5.11 Å². The fourth-order valence-corrected chi connectivity index (χ4v) is 5.40. The monoisotopic (exact) mass is 285 g/mol. The Kier molecular flexibility index (Phi) is 3.25. The molecule has 1 saturated carbocycles. The first kappa shape index (κ1) is 13.6. The summed E-state index contributed by atoms with van der Waals surface area (Å²) in [6, 6.07) is 2.69. The Labute approximate surface area is 128 Å². The number of phenols is 1. The van der Waals surface area contributed by atoms with Crippen LogP contribution >= 0.6 is 0 Å². The Morgan fingerprint density at radius 3 is 2.43 bits per heavy atom. The maximum Gasteiger partial charge on any atom is 0.123 e. The zero-order chi connectivity index (χ0) is 14.6. The van der Waals surface area contributed by atoms with Gasteiger partial charge in [0.05, 0.1) is 0 Å². The number of likely N-dealkylation sites (tertiary alicyclic amines) is 1. The van der Waals surface area contributed by atoms with Gasteiger partial charge in [-0.15, -0.1) is 0 Å². The second kappa shape index (κ2) is 5.01. The van der Waals surface area contributed by atoms with Gasteiger partial charge in [-0.05, 0) is 81.1 Å². The van der Waals surface area contributed by atoms with E-state index >= 15 is 0 Å². The molecule has 0 spiro atoms. The van der Waals surface area contributed by atoms with Gasteiger partial charge < -0.3 is 5.11 Å². The Morgan fingerprint density at radius 1 is 0.952 bits per heavy atom. The van der Waals surface area contributed by atoms with Crippen LogP contribution in [0, 0.1) is 19.8 Å². The van der Waals surface area contributed by atoms with Crippen molar-refractivity contribution >= 4 is 0 Å². The van der Waals surface area contributed by atoms with Crippen LogP contribution in [-0.4, -0.2) is 23.1 Å². The van der Waals surface area contributed by atoms with E-state index in [2.05, 4.69) is 24.8 Å². The summed E-state index contributed by atoms with van der Waals surface area (Å²) < 4.78 is 0. The molecule has 2 heteroatoms. The molecule has 4 rings (SSSR count). The Hall–Kier alpha value is -1.02. The molecule has 3 atom stereocenters. The van der Waals surface area contributed by atoms with Crippen LogP contribution in [0.1, 0.15) is 72.7 Å². The molecule has 0 radical (unpaired) electrons. The van der Waals surface area contributed by atoms with E-state index in [0.29, 0.717) is 17.7 Å². The summed E-state index contributed by atoms with van der Waals surface area (Å²) in [7, 11) is 0. The highest BCUT2D eigenvalue weighted by Gasteiger charge is 2.47. The summed E-state index contributed by atoms with van der Waals surface area (Å²) in [5.41, 5.74) is 5.30. The van der Waals surface area contributed by atoms with Crippen molar-refractivity contribution in [3.8, 4) is 5.75 Å². The third kappa shape index (κ3) is 1.95.